The van der Waals surface area contributed by atoms with Crippen molar-refractivity contribution in [2.75, 3.05) is 11.9 Å². The number of alkyl halides is 6. The molecule has 0 fully saturated rings. The average Bonchev–Trinajstić information content (AvgIpc) is 2.51. The molecule has 0 aromatic heterocycles. The van der Waals surface area contributed by atoms with Crippen LogP contribution in [-0.2, 0) is 17.1 Å². The Bertz CT molecular complexity index is 768. The van der Waals surface area contributed by atoms with Crippen molar-refractivity contribution in [1.82, 2.24) is 0 Å². The molecule has 0 spiro atoms. The standard InChI is InChI=1S/C16H10F7NO2/c17-11-2-1-3-13(7-11)26-8-14(25)24-12-5-9(15(18,19)20)4-10(6-12)16(21,22)23/h1-7H,8H2,(H,24,25). The molecule has 0 aliphatic heterocycles. The van der Waals surface area contributed by atoms with E-state index in [4.69, 9.17) is 4.74 Å². The van der Waals surface area contributed by atoms with Gasteiger partial charge in [0.15, 0.2) is 6.61 Å². The molecule has 1 N–H and O–H groups in total. The number of nitrogens with one attached hydrogen (secondary N) is 1. The molecule has 2 aromatic carbocycles. The molecule has 0 radical (unpaired) electrons. The SMILES string of the molecule is O=C(COc1cccc(F)c1)Nc1cc(C(F)(F)F)cc(C(F)(F)F)c1. The minimum Gasteiger partial charge on any atom is -0.484 e. The van der Waals surface area contributed by atoms with Gasteiger partial charge in [-0.2, -0.15) is 26.3 Å². The van der Waals surface area contributed by atoms with Crippen molar-refractivity contribution in [2.24, 2.45) is 0 Å². The molecular weight excluding hydrogens is 371 g/mol. The first-order chi connectivity index (χ1) is 11.9. The number of carbonyl (C=O) groups is 1. The van der Waals surface area contributed by atoms with E-state index < -0.39 is 47.5 Å². The summed E-state index contributed by atoms with van der Waals surface area (Å²) in [6.45, 7) is -0.735. The number of hydrogen-bond donors (Lipinski definition) is 1. The summed E-state index contributed by atoms with van der Waals surface area (Å²) in [6, 6.07) is 5.38. The molecule has 10 heteroatoms. The molecule has 140 valence electrons. The summed E-state index contributed by atoms with van der Waals surface area (Å²) in [6.07, 6.45) is -10.1. The van der Waals surface area contributed by atoms with E-state index >= 15 is 0 Å². The van der Waals surface area contributed by atoms with Gasteiger partial charge < -0.3 is 10.1 Å². The maximum Gasteiger partial charge on any atom is 0.416 e. The lowest BCUT2D eigenvalue weighted by atomic mass is 10.1. The van der Waals surface area contributed by atoms with Crippen LogP contribution in [0.25, 0.3) is 0 Å². The van der Waals surface area contributed by atoms with Gasteiger partial charge in [-0.1, -0.05) is 6.07 Å². The van der Waals surface area contributed by atoms with E-state index in [0.717, 1.165) is 12.1 Å². The number of amides is 1. The molecule has 2 aromatic rings. The van der Waals surface area contributed by atoms with Gasteiger partial charge in [-0.15, -0.1) is 0 Å². The van der Waals surface area contributed by atoms with E-state index in [9.17, 15) is 35.5 Å². The first-order valence-corrected chi connectivity index (χ1v) is 6.93. The van der Waals surface area contributed by atoms with Gasteiger partial charge in [0, 0.05) is 11.8 Å². The van der Waals surface area contributed by atoms with Gasteiger partial charge in [0.05, 0.1) is 11.1 Å². The molecule has 2 rings (SSSR count). The van der Waals surface area contributed by atoms with Crippen LogP contribution >= 0.6 is 0 Å². The highest BCUT2D eigenvalue weighted by Gasteiger charge is 2.37. The maximum atomic E-state index is 13.0. The third-order valence-corrected chi connectivity index (χ3v) is 3.04. The van der Waals surface area contributed by atoms with Gasteiger partial charge in [-0.3, -0.25) is 4.79 Å². The number of anilines is 1. The zero-order valence-electron chi connectivity index (χ0n) is 12.7. The van der Waals surface area contributed by atoms with Crippen LogP contribution in [-0.4, -0.2) is 12.5 Å². The summed E-state index contributed by atoms with van der Waals surface area (Å²) in [4.78, 5) is 11.7. The van der Waals surface area contributed by atoms with Crippen molar-refractivity contribution >= 4 is 11.6 Å². The van der Waals surface area contributed by atoms with Gasteiger partial charge in [-0.05, 0) is 30.3 Å². The lowest BCUT2D eigenvalue weighted by Crippen LogP contribution is -2.21. The third-order valence-electron chi connectivity index (χ3n) is 3.04. The summed E-state index contributed by atoms with van der Waals surface area (Å²) in [5.74, 6) is -1.68. The van der Waals surface area contributed by atoms with Crippen molar-refractivity contribution < 1.29 is 40.3 Å². The Morgan fingerprint density at radius 2 is 1.50 bits per heavy atom. The fourth-order valence-corrected chi connectivity index (χ4v) is 1.93. The fraction of sp³-hybridized carbons (Fsp3) is 0.188. The van der Waals surface area contributed by atoms with Gasteiger partial charge in [0.2, 0.25) is 0 Å². The predicted octanol–water partition coefficient (Wildman–Crippen LogP) is 4.88. The van der Waals surface area contributed by atoms with E-state index in [1.54, 1.807) is 0 Å². The highest BCUT2D eigenvalue weighted by molar-refractivity contribution is 5.92. The van der Waals surface area contributed by atoms with Crippen LogP contribution in [0.3, 0.4) is 0 Å². The Morgan fingerprint density at radius 3 is 2.00 bits per heavy atom. The predicted molar refractivity (Wildman–Crippen MR) is 77.0 cm³/mol. The van der Waals surface area contributed by atoms with Crippen molar-refractivity contribution in [3.05, 3.63) is 59.4 Å². The van der Waals surface area contributed by atoms with Crippen molar-refractivity contribution in [3.8, 4) is 5.75 Å². The second-order valence-corrected chi connectivity index (χ2v) is 5.09. The minimum atomic E-state index is -5.03. The summed E-state index contributed by atoms with van der Waals surface area (Å²) in [5, 5.41) is 1.89. The number of hydrogen-bond acceptors (Lipinski definition) is 2. The van der Waals surface area contributed by atoms with E-state index in [1.807, 2.05) is 5.32 Å². The lowest BCUT2D eigenvalue weighted by molar-refractivity contribution is -0.143. The average molecular weight is 381 g/mol. The normalized spacial score (nSPS) is 12.0. The molecule has 0 saturated heterocycles. The van der Waals surface area contributed by atoms with Gasteiger partial charge in [-0.25, -0.2) is 4.39 Å². The summed E-state index contributed by atoms with van der Waals surface area (Å²) >= 11 is 0. The van der Waals surface area contributed by atoms with Crippen molar-refractivity contribution in [1.29, 1.82) is 0 Å². The number of rotatable bonds is 4. The van der Waals surface area contributed by atoms with Crippen LogP contribution in [0, 0.1) is 5.82 Å². The van der Waals surface area contributed by atoms with E-state index in [-0.39, 0.29) is 11.8 Å². The molecule has 0 atom stereocenters. The number of halogens is 7. The molecule has 0 aliphatic rings. The van der Waals surface area contributed by atoms with Crippen LogP contribution in [0.5, 0.6) is 5.75 Å². The largest absolute Gasteiger partial charge is 0.484 e. The fourth-order valence-electron chi connectivity index (χ4n) is 1.93. The quantitative estimate of drug-likeness (QED) is 0.767. The molecule has 0 bridgehead atoms. The molecule has 3 nitrogen and oxygen atoms in total. The smallest absolute Gasteiger partial charge is 0.416 e. The number of ether oxygens (including phenoxy) is 1. The maximum absolute atomic E-state index is 13.0. The van der Waals surface area contributed by atoms with Crippen LogP contribution in [0.4, 0.5) is 36.4 Å². The monoisotopic (exact) mass is 381 g/mol. The number of carbonyl (C=O) groups excluding carboxylic acids is 1. The molecule has 0 heterocycles. The minimum absolute atomic E-state index is 0.0276. The number of benzene rings is 2. The zero-order chi connectivity index (χ0) is 19.5. The second-order valence-electron chi connectivity index (χ2n) is 5.09. The van der Waals surface area contributed by atoms with E-state index in [1.165, 1.54) is 12.1 Å². The first-order valence-electron chi connectivity index (χ1n) is 6.93. The Kier molecular flexibility index (Phi) is 5.43. The highest BCUT2D eigenvalue weighted by Crippen LogP contribution is 2.37. The first kappa shape index (κ1) is 19.5. The second kappa shape index (κ2) is 7.22. The summed E-state index contributed by atoms with van der Waals surface area (Å²) in [5.41, 5.74) is -3.82. The molecule has 1 amide bonds. The van der Waals surface area contributed by atoms with Gasteiger partial charge in [0.25, 0.3) is 5.91 Å². The van der Waals surface area contributed by atoms with Crippen LogP contribution in [0.1, 0.15) is 11.1 Å². The Balaban J connectivity index is 2.15. The van der Waals surface area contributed by atoms with E-state index in [0.29, 0.717) is 12.1 Å². The zero-order valence-corrected chi connectivity index (χ0v) is 12.7. The molecule has 0 aliphatic carbocycles. The lowest BCUT2D eigenvalue weighted by Gasteiger charge is -2.15. The highest BCUT2D eigenvalue weighted by atomic mass is 19.4. The Hall–Kier alpha value is -2.78. The van der Waals surface area contributed by atoms with Crippen LogP contribution < -0.4 is 10.1 Å². The Morgan fingerprint density at radius 1 is 0.923 bits per heavy atom. The van der Waals surface area contributed by atoms with Gasteiger partial charge in [0.1, 0.15) is 11.6 Å². The topological polar surface area (TPSA) is 38.3 Å². The molecule has 26 heavy (non-hydrogen) atoms. The molecule has 0 saturated carbocycles. The summed E-state index contributed by atoms with van der Waals surface area (Å²) in [7, 11) is 0. The summed E-state index contributed by atoms with van der Waals surface area (Å²) < 4.78 is 94.3. The Labute approximate surface area is 142 Å². The molecular formula is C16H10F7NO2. The van der Waals surface area contributed by atoms with Crippen LogP contribution in [0.2, 0.25) is 0 Å². The van der Waals surface area contributed by atoms with Crippen molar-refractivity contribution in [3.63, 3.8) is 0 Å². The van der Waals surface area contributed by atoms with Crippen LogP contribution in [0.15, 0.2) is 42.5 Å². The third kappa shape index (κ3) is 5.36. The van der Waals surface area contributed by atoms with Gasteiger partial charge >= 0.3 is 12.4 Å². The van der Waals surface area contributed by atoms with E-state index in [2.05, 4.69) is 0 Å². The van der Waals surface area contributed by atoms with Crippen molar-refractivity contribution in [2.45, 2.75) is 12.4 Å². The molecule has 0 unspecified atom stereocenters.